The first-order chi connectivity index (χ1) is 17.4. The fourth-order valence-electron chi connectivity index (χ4n) is 3.10. The summed E-state index contributed by atoms with van der Waals surface area (Å²) >= 11 is 0. The molecule has 1 aromatic carbocycles. The van der Waals surface area contributed by atoms with E-state index in [1.165, 1.54) is 24.3 Å². The number of guanidine groups is 1. The number of nitrogens with one attached hydrogen (secondary N) is 3. The highest BCUT2D eigenvalue weighted by molar-refractivity contribution is 5.94. The quantitative estimate of drug-likeness (QED) is 0.0613. The maximum atomic E-state index is 13.1. The zero-order valence-electron chi connectivity index (χ0n) is 20.1. The molecule has 0 saturated heterocycles. The topological polar surface area (TPSA) is 273 Å². The predicted octanol–water partition coefficient (Wildman–Crippen LogP) is -2.65. The summed E-state index contributed by atoms with van der Waals surface area (Å²) in [6.45, 7) is -0.488. The molecule has 12 N–H and O–H groups in total. The molecule has 0 aliphatic carbocycles. The van der Waals surface area contributed by atoms with Gasteiger partial charge in [0.1, 0.15) is 24.4 Å². The van der Waals surface area contributed by atoms with Crippen LogP contribution in [0, 0.1) is 0 Å². The van der Waals surface area contributed by atoms with E-state index < -0.39 is 60.8 Å². The van der Waals surface area contributed by atoms with Gasteiger partial charge in [-0.3, -0.25) is 29.0 Å². The van der Waals surface area contributed by atoms with Gasteiger partial charge in [-0.15, -0.1) is 0 Å². The van der Waals surface area contributed by atoms with Crippen molar-refractivity contribution in [1.29, 1.82) is 0 Å². The van der Waals surface area contributed by atoms with Crippen LogP contribution in [0.1, 0.15) is 31.2 Å². The van der Waals surface area contributed by atoms with Crippen molar-refractivity contribution < 1.29 is 39.3 Å². The number of nitrogens with two attached hydrogens (primary N) is 3. The molecule has 0 heterocycles. The summed E-state index contributed by atoms with van der Waals surface area (Å²) in [4.78, 5) is 63.7. The first-order valence-electron chi connectivity index (χ1n) is 11.3. The van der Waals surface area contributed by atoms with Crippen LogP contribution in [0.5, 0.6) is 5.75 Å². The lowest BCUT2D eigenvalue weighted by Gasteiger charge is -2.24. The molecule has 0 bridgehead atoms. The molecule has 1 aromatic rings. The molecule has 15 nitrogen and oxygen atoms in total. The average molecular weight is 524 g/mol. The number of nitrogens with zero attached hydrogens (tertiary/aromatic N) is 1. The monoisotopic (exact) mass is 523 g/mol. The maximum absolute atomic E-state index is 13.1. The van der Waals surface area contributed by atoms with Gasteiger partial charge in [0.05, 0.1) is 6.04 Å². The van der Waals surface area contributed by atoms with Crippen LogP contribution in [0.3, 0.4) is 0 Å². The second-order valence-electron chi connectivity index (χ2n) is 8.09. The fraction of sp³-hybridized carbons (Fsp3) is 0.455. The highest BCUT2D eigenvalue weighted by atomic mass is 16.4. The normalized spacial score (nSPS) is 12.9. The first kappa shape index (κ1) is 30.6. The third kappa shape index (κ3) is 12.7. The van der Waals surface area contributed by atoms with Crippen molar-refractivity contribution in [1.82, 2.24) is 16.0 Å². The van der Waals surface area contributed by atoms with Crippen LogP contribution in [0.2, 0.25) is 0 Å². The lowest BCUT2D eigenvalue weighted by atomic mass is 10.0. The molecule has 15 heteroatoms. The SMILES string of the molecule is NC(N)=NCCCC(N)C(=O)NC(Cc1ccc(O)cc1)C(=O)NC(CCC(=O)O)C(=O)NCC(=O)O. The Morgan fingerprint density at radius 2 is 1.49 bits per heavy atom. The molecule has 0 radical (unpaired) electrons. The number of hydrogen-bond acceptors (Lipinski definition) is 8. The van der Waals surface area contributed by atoms with Crippen molar-refractivity contribution in [3.05, 3.63) is 29.8 Å². The summed E-state index contributed by atoms with van der Waals surface area (Å²) in [6, 6.07) is 2.20. The fourth-order valence-corrected chi connectivity index (χ4v) is 3.10. The Balaban J connectivity index is 3.01. The number of hydrogen-bond donors (Lipinski definition) is 9. The number of aliphatic imine (C=N–C) groups is 1. The van der Waals surface area contributed by atoms with Crippen molar-refractivity contribution in [2.45, 2.75) is 50.2 Å². The van der Waals surface area contributed by atoms with E-state index in [0.29, 0.717) is 12.0 Å². The van der Waals surface area contributed by atoms with Crippen molar-refractivity contribution in [2.24, 2.45) is 22.2 Å². The number of carboxylic acids is 2. The summed E-state index contributed by atoms with van der Waals surface area (Å²) in [5.41, 5.74) is 17.0. The molecule has 3 unspecified atom stereocenters. The molecule has 0 saturated carbocycles. The molecular weight excluding hydrogens is 490 g/mol. The predicted molar refractivity (Wildman–Crippen MR) is 131 cm³/mol. The van der Waals surface area contributed by atoms with Crippen LogP contribution in [-0.4, -0.2) is 82.2 Å². The highest BCUT2D eigenvalue weighted by Crippen LogP contribution is 2.12. The summed E-state index contributed by atoms with van der Waals surface area (Å²) in [7, 11) is 0. The van der Waals surface area contributed by atoms with E-state index >= 15 is 0 Å². The number of amides is 3. The Hall–Kier alpha value is -4.40. The van der Waals surface area contributed by atoms with Gasteiger partial charge in [0.25, 0.3) is 0 Å². The summed E-state index contributed by atoms with van der Waals surface area (Å²) < 4.78 is 0. The lowest BCUT2D eigenvalue weighted by molar-refractivity contribution is -0.140. The minimum absolute atomic E-state index is 0.0135. The van der Waals surface area contributed by atoms with E-state index in [4.69, 9.17) is 27.4 Å². The number of carboxylic acid groups (broad SMARTS) is 2. The van der Waals surface area contributed by atoms with Gasteiger partial charge in [-0.25, -0.2) is 0 Å². The molecule has 0 fully saturated rings. The van der Waals surface area contributed by atoms with Crippen molar-refractivity contribution >= 4 is 35.6 Å². The zero-order chi connectivity index (χ0) is 28.0. The van der Waals surface area contributed by atoms with Crippen LogP contribution in [0.25, 0.3) is 0 Å². The standard InChI is InChI=1S/C22H33N7O8/c23-14(2-1-9-26-22(24)25)19(35)29-16(10-12-3-5-13(30)6-4-12)21(37)28-15(7-8-17(31)32)20(36)27-11-18(33)34/h3-6,14-16,30H,1-2,7-11,23H2,(H,27,36)(H,28,37)(H,29,35)(H,31,32)(H,33,34)(H4,24,25,26). The minimum atomic E-state index is -1.38. The smallest absolute Gasteiger partial charge is 0.322 e. The second kappa shape index (κ2) is 15.6. The Morgan fingerprint density at radius 1 is 0.865 bits per heavy atom. The van der Waals surface area contributed by atoms with Gasteiger partial charge in [-0.2, -0.15) is 0 Å². The maximum Gasteiger partial charge on any atom is 0.322 e. The van der Waals surface area contributed by atoms with E-state index in [2.05, 4.69) is 20.9 Å². The average Bonchev–Trinajstić information content (AvgIpc) is 2.83. The molecule has 204 valence electrons. The molecule has 37 heavy (non-hydrogen) atoms. The highest BCUT2D eigenvalue weighted by Gasteiger charge is 2.29. The van der Waals surface area contributed by atoms with Gasteiger partial charge in [0, 0.05) is 19.4 Å². The first-order valence-corrected chi connectivity index (χ1v) is 11.3. The Morgan fingerprint density at radius 3 is 2.05 bits per heavy atom. The molecule has 1 rings (SSSR count). The zero-order valence-corrected chi connectivity index (χ0v) is 20.1. The Kier molecular flexibility index (Phi) is 12.9. The number of phenolic OH excluding ortho intramolecular Hbond substituents is 1. The number of carbonyl (C=O) groups is 5. The van der Waals surface area contributed by atoms with Gasteiger partial charge < -0.3 is 48.5 Å². The van der Waals surface area contributed by atoms with Crippen molar-refractivity contribution in [3.8, 4) is 5.75 Å². The summed E-state index contributed by atoms with van der Waals surface area (Å²) in [6.07, 6.45) is -0.268. The van der Waals surface area contributed by atoms with E-state index in [1.807, 2.05) is 0 Å². The lowest BCUT2D eigenvalue weighted by Crippen LogP contribution is -2.56. The number of aromatic hydroxyl groups is 1. The van der Waals surface area contributed by atoms with Gasteiger partial charge in [-0.05, 0) is 37.0 Å². The molecular formula is C22H33N7O8. The van der Waals surface area contributed by atoms with E-state index in [0.717, 1.165) is 0 Å². The largest absolute Gasteiger partial charge is 0.508 e. The summed E-state index contributed by atoms with van der Waals surface area (Å²) in [5, 5.41) is 34.2. The van der Waals surface area contributed by atoms with Crippen molar-refractivity contribution in [3.63, 3.8) is 0 Å². The van der Waals surface area contributed by atoms with Crippen LogP contribution in [0.15, 0.2) is 29.3 Å². The second-order valence-corrected chi connectivity index (χ2v) is 8.09. The molecule has 0 aromatic heterocycles. The van der Waals surface area contributed by atoms with Gasteiger partial charge in [-0.1, -0.05) is 12.1 Å². The summed E-state index contributed by atoms with van der Waals surface area (Å²) in [5.74, 6) is -5.07. The number of carbonyl (C=O) groups excluding carboxylic acids is 3. The van der Waals surface area contributed by atoms with Crippen LogP contribution in [-0.2, 0) is 30.4 Å². The number of phenols is 1. The Bertz CT molecular complexity index is 980. The van der Waals surface area contributed by atoms with E-state index in [9.17, 15) is 29.1 Å². The molecule has 0 aliphatic heterocycles. The van der Waals surface area contributed by atoms with Crippen LogP contribution < -0.4 is 33.2 Å². The number of aliphatic carboxylic acids is 2. The molecule has 3 atom stereocenters. The van der Waals surface area contributed by atoms with Gasteiger partial charge in [0.15, 0.2) is 5.96 Å². The number of rotatable bonds is 16. The van der Waals surface area contributed by atoms with Gasteiger partial charge >= 0.3 is 11.9 Å². The molecule has 0 aliphatic rings. The number of benzene rings is 1. The minimum Gasteiger partial charge on any atom is -0.508 e. The van der Waals surface area contributed by atoms with E-state index in [-0.39, 0.29) is 37.5 Å². The van der Waals surface area contributed by atoms with Gasteiger partial charge in [0.2, 0.25) is 17.7 Å². The Labute approximate surface area is 212 Å². The van der Waals surface area contributed by atoms with Crippen molar-refractivity contribution in [2.75, 3.05) is 13.1 Å². The molecule has 3 amide bonds. The van der Waals surface area contributed by atoms with Crippen LogP contribution >= 0.6 is 0 Å². The molecule has 0 spiro atoms. The van der Waals surface area contributed by atoms with E-state index in [1.54, 1.807) is 0 Å². The third-order valence-corrected chi connectivity index (χ3v) is 5.01. The third-order valence-electron chi connectivity index (χ3n) is 5.01. The van der Waals surface area contributed by atoms with Crippen LogP contribution in [0.4, 0.5) is 0 Å².